The highest BCUT2D eigenvalue weighted by Gasteiger charge is 2.11. The number of carbonyl (C=O) groups is 1. The molecular weight excluding hydrogens is 363 g/mol. The van der Waals surface area contributed by atoms with Gasteiger partial charge in [-0.3, -0.25) is 9.78 Å². The molecule has 1 N–H and O–H groups in total. The van der Waals surface area contributed by atoms with Crippen LogP contribution in [-0.4, -0.2) is 10.9 Å². The molecule has 1 aromatic carbocycles. The van der Waals surface area contributed by atoms with E-state index in [4.69, 9.17) is 11.6 Å². The summed E-state index contributed by atoms with van der Waals surface area (Å²) in [4.78, 5) is 15.9. The predicted molar refractivity (Wildman–Crippen MR) is 81.1 cm³/mol. The molecule has 0 saturated heterocycles. The van der Waals surface area contributed by atoms with Crippen molar-refractivity contribution in [3.8, 4) is 0 Å². The molecule has 1 aromatic heterocycles. The van der Waals surface area contributed by atoms with Crippen molar-refractivity contribution in [1.29, 1.82) is 0 Å². The van der Waals surface area contributed by atoms with Gasteiger partial charge in [0.15, 0.2) is 0 Å². The van der Waals surface area contributed by atoms with E-state index in [1.165, 1.54) is 6.20 Å². The molecule has 0 aliphatic rings. The Morgan fingerprint density at radius 3 is 2.83 bits per heavy atom. The van der Waals surface area contributed by atoms with Crippen LogP contribution in [0.3, 0.4) is 0 Å². The topological polar surface area (TPSA) is 42.0 Å². The molecule has 18 heavy (non-hydrogen) atoms. The highest BCUT2D eigenvalue weighted by atomic mass is 127. The maximum absolute atomic E-state index is 12.0. The number of aromatic nitrogens is 1. The largest absolute Gasteiger partial charge is 0.322 e. The van der Waals surface area contributed by atoms with Crippen molar-refractivity contribution in [1.82, 2.24) is 4.98 Å². The number of rotatable bonds is 2. The molecule has 0 unspecified atom stereocenters. The molecule has 92 valence electrons. The summed E-state index contributed by atoms with van der Waals surface area (Å²) in [5.41, 5.74) is 2.22. The standard InChI is InChI=1S/C13H10ClIN2O/c1-8-6-9(15)2-3-12(8)17-13(18)10-4-5-16-7-11(10)14/h2-7H,1H3,(H,17,18). The van der Waals surface area contributed by atoms with Gasteiger partial charge in [-0.25, -0.2) is 0 Å². The molecule has 0 saturated carbocycles. The molecule has 0 spiro atoms. The lowest BCUT2D eigenvalue weighted by atomic mass is 10.2. The molecule has 2 rings (SSSR count). The summed E-state index contributed by atoms with van der Waals surface area (Å²) in [6, 6.07) is 7.42. The lowest BCUT2D eigenvalue weighted by Crippen LogP contribution is -2.13. The molecule has 3 nitrogen and oxygen atoms in total. The van der Waals surface area contributed by atoms with Crippen LogP contribution in [0.15, 0.2) is 36.7 Å². The number of pyridine rings is 1. The average Bonchev–Trinajstić information content (AvgIpc) is 2.33. The predicted octanol–water partition coefficient (Wildman–Crippen LogP) is 3.90. The van der Waals surface area contributed by atoms with Crippen molar-refractivity contribution in [3.05, 3.63) is 56.4 Å². The zero-order valence-electron chi connectivity index (χ0n) is 9.58. The van der Waals surface area contributed by atoms with Crippen LogP contribution in [0.4, 0.5) is 5.69 Å². The van der Waals surface area contributed by atoms with Crippen molar-refractivity contribution in [2.45, 2.75) is 6.92 Å². The van der Waals surface area contributed by atoms with Gasteiger partial charge >= 0.3 is 0 Å². The van der Waals surface area contributed by atoms with Gasteiger partial charge < -0.3 is 5.32 Å². The quantitative estimate of drug-likeness (QED) is 0.813. The fraction of sp³-hybridized carbons (Fsp3) is 0.0769. The van der Waals surface area contributed by atoms with Crippen molar-refractivity contribution in [3.63, 3.8) is 0 Å². The van der Waals surface area contributed by atoms with Gasteiger partial charge in [0.25, 0.3) is 5.91 Å². The van der Waals surface area contributed by atoms with Crippen LogP contribution >= 0.6 is 34.2 Å². The lowest BCUT2D eigenvalue weighted by molar-refractivity contribution is 0.102. The van der Waals surface area contributed by atoms with Gasteiger partial charge in [-0.2, -0.15) is 0 Å². The number of hydrogen-bond donors (Lipinski definition) is 1. The van der Waals surface area contributed by atoms with Gasteiger partial charge in [0.1, 0.15) is 0 Å². The molecule has 0 radical (unpaired) electrons. The van der Waals surface area contributed by atoms with E-state index in [2.05, 4.69) is 32.9 Å². The van der Waals surface area contributed by atoms with Crippen LogP contribution in [0.2, 0.25) is 5.02 Å². The third-order valence-electron chi connectivity index (χ3n) is 2.45. The summed E-state index contributed by atoms with van der Waals surface area (Å²) in [5, 5.41) is 3.19. The van der Waals surface area contributed by atoms with Gasteiger partial charge in [0.2, 0.25) is 0 Å². The number of halogens is 2. The molecule has 0 aliphatic heterocycles. The van der Waals surface area contributed by atoms with E-state index in [-0.39, 0.29) is 5.91 Å². The van der Waals surface area contributed by atoms with E-state index in [1.54, 1.807) is 12.3 Å². The van der Waals surface area contributed by atoms with E-state index in [9.17, 15) is 4.79 Å². The second-order valence-electron chi connectivity index (χ2n) is 3.77. The lowest BCUT2D eigenvalue weighted by Gasteiger charge is -2.09. The maximum Gasteiger partial charge on any atom is 0.257 e. The monoisotopic (exact) mass is 372 g/mol. The van der Waals surface area contributed by atoms with Crippen molar-refractivity contribution in [2.75, 3.05) is 5.32 Å². The summed E-state index contributed by atoms with van der Waals surface area (Å²) < 4.78 is 1.13. The highest BCUT2D eigenvalue weighted by molar-refractivity contribution is 14.1. The Balaban J connectivity index is 2.24. The number of carbonyl (C=O) groups excluding carboxylic acids is 1. The van der Waals surface area contributed by atoms with Gasteiger partial charge in [-0.1, -0.05) is 11.6 Å². The summed E-state index contributed by atoms with van der Waals surface area (Å²) in [7, 11) is 0. The first kappa shape index (κ1) is 13.3. The van der Waals surface area contributed by atoms with E-state index in [1.807, 2.05) is 25.1 Å². The summed E-state index contributed by atoms with van der Waals surface area (Å²) in [5.74, 6) is -0.230. The second kappa shape index (κ2) is 5.67. The molecule has 0 bridgehead atoms. The van der Waals surface area contributed by atoms with Crippen LogP contribution in [0.5, 0.6) is 0 Å². The smallest absolute Gasteiger partial charge is 0.257 e. The first-order valence-electron chi connectivity index (χ1n) is 5.25. The number of nitrogens with zero attached hydrogens (tertiary/aromatic N) is 1. The maximum atomic E-state index is 12.0. The molecule has 0 fully saturated rings. The van der Waals surface area contributed by atoms with Gasteiger partial charge in [0, 0.05) is 21.7 Å². The number of anilines is 1. The van der Waals surface area contributed by atoms with Crippen LogP contribution < -0.4 is 5.32 Å². The molecule has 5 heteroatoms. The van der Waals surface area contributed by atoms with Gasteiger partial charge in [-0.05, 0) is 59.3 Å². The number of hydrogen-bond acceptors (Lipinski definition) is 2. The van der Waals surface area contributed by atoms with E-state index >= 15 is 0 Å². The van der Waals surface area contributed by atoms with E-state index < -0.39 is 0 Å². The minimum atomic E-state index is -0.230. The Kier molecular flexibility index (Phi) is 4.19. The van der Waals surface area contributed by atoms with Crippen molar-refractivity contribution in [2.24, 2.45) is 0 Å². The normalized spacial score (nSPS) is 10.2. The van der Waals surface area contributed by atoms with Crippen LogP contribution in [0.1, 0.15) is 15.9 Å². The van der Waals surface area contributed by atoms with Crippen LogP contribution in [-0.2, 0) is 0 Å². The number of aryl methyl sites for hydroxylation is 1. The SMILES string of the molecule is Cc1cc(I)ccc1NC(=O)c1ccncc1Cl. The molecule has 1 heterocycles. The fourth-order valence-corrected chi connectivity index (χ4v) is 2.37. The Morgan fingerprint density at radius 1 is 1.39 bits per heavy atom. The third-order valence-corrected chi connectivity index (χ3v) is 3.43. The fourth-order valence-electron chi connectivity index (χ4n) is 1.52. The third kappa shape index (κ3) is 3.00. The second-order valence-corrected chi connectivity index (χ2v) is 5.42. The zero-order chi connectivity index (χ0) is 13.1. The highest BCUT2D eigenvalue weighted by Crippen LogP contribution is 2.20. The van der Waals surface area contributed by atoms with Crippen molar-refractivity contribution >= 4 is 45.8 Å². The number of nitrogens with one attached hydrogen (secondary N) is 1. The average molecular weight is 373 g/mol. The van der Waals surface area contributed by atoms with Crippen LogP contribution in [0, 0.1) is 10.5 Å². The van der Waals surface area contributed by atoms with Gasteiger partial charge in [-0.15, -0.1) is 0 Å². The Bertz CT molecular complexity index is 601. The summed E-state index contributed by atoms with van der Waals surface area (Å²) in [6.07, 6.45) is 3.00. The van der Waals surface area contributed by atoms with Gasteiger partial charge in [0.05, 0.1) is 10.6 Å². The van der Waals surface area contributed by atoms with Crippen LogP contribution in [0.25, 0.3) is 0 Å². The molecular formula is C13H10ClIN2O. The minimum absolute atomic E-state index is 0.230. The number of amides is 1. The Morgan fingerprint density at radius 2 is 2.17 bits per heavy atom. The summed E-state index contributed by atoms with van der Waals surface area (Å²) >= 11 is 8.16. The molecule has 0 aliphatic carbocycles. The minimum Gasteiger partial charge on any atom is -0.322 e. The first-order valence-corrected chi connectivity index (χ1v) is 6.70. The summed E-state index contributed by atoms with van der Waals surface area (Å²) in [6.45, 7) is 1.95. The number of benzene rings is 1. The zero-order valence-corrected chi connectivity index (χ0v) is 12.5. The van der Waals surface area contributed by atoms with E-state index in [0.29, 0.717) is 10.6 Å². The Hall–Kier alpha value is -1.14. The molecule has 0 atom stereocenters. The van der Waals surface area contributed by atoms with E-state index in [0.717, 1.165) is 14.8 Å². The van der Waals surface area contributed by atoms with Crippen molar-refractivity contribution < 1.29 is 4.79 Å². The molecule has 2 aromatic rings. The Labute approximate surface area is 124 Å². The molecule has 1 amide bonds. The first-order chi connectivity index (χ1) is 8.58.